The minimum Gasteiger partial charge on any atom is -0.494 e. The van der Waals surface area contributed by atoms with Crippen molar-refractivity contribution in [1.82, 2.24) is 15.1 Å². The van der Waals surface area contributed by atoms with Crippen LogP contribution in [0.2, 0.25) is 0 Å². The molecule has 3 aromatic rings. The normalized spacial score (nSPS) is 13.3. The van der Waals surface area contributed by atoms with Gasteiger partial charge in [-0.25, -0.2) is 4.79 Å². The van der Waals surface area contributed by atoms with Gasteiger partial charge in [0, 0.05) is 43.5 Å². The third-order valence-corrected chi connectivity index (χ3v) is 5.80. The van der Waals surface area contributed by atoms with Crippen LogP contribution in [0.1, 0.15) is 20.8 Å². The van der Waals surface area contributed by atoms with Crippen molar-refractivity contribution in [2.75, 3.05) is 56.2 Å². The van der Waals surface area contributed by atoms with Gasteiger partial charge >= 0.3 is 6.03 Å². The first-order valence-electron chi connectivity index (χ1n) is 12.4. The number of benzene rings is 2. The first kappa shape index (κ1) is 25.1. The molecule has 1 fully saturated rings. The lowest BCUT2D eigenvalue weighted by atomic mass is 10.1. The summed E-state index contributed by atoms with van der Waals surface area (Å²) in [4.78, 5) is 16.8. The van der Waals surface area contributed by atoms with Gasteiger partial charge in [0.15, 0.2) is 17.3 Å². The van der Waals surface area contributed by atoms with Gasteiger partial charge in [0.1, 0.15) is 5.75 Å². The number of anilines is 2. The number of nitrogens with zero attached hydrogens (tertiary/aromatic N) is 4. The first-order valence-corrected chi connectivity index (χ1v) is 12.4. The molecule has 0 saturated carbocycles. The number of hydrogen-bond acceptors (Lipinski definition) is 7. The summed E-state index contributed by atoms with van der Waals surface area (Å²) < 4.78 is 16.7. The summed E-state index contributed by atoms with van der Waals surface area (Å²) in [7, 11) is 0. The summed E-state index contributed by atoms with van der Waals surface area (Å²) in [5.41, 5.74) is 2.47. The molecule has 2 heterocycles. The first-order chi connectivity index (χ1) is 17.6. The van der Waals surface area contributed by atoms with Gasteiger partial charge in [-0.15, -0.1) is 10.2 Å². The fourth-order valence-corrected chi connectivity index (χ4v) is 4.01. The smallest absolute Gasteiger partial charge is 0.321 e. The Hall–Kier alpha value is -4.01. The van der Waals surface area contributed by atoms with Crippen molar-refractivity contribution < 1.29 is 19.0 Å². The van der Waals surface area contributed by atoms with E-state index in [-0.39, 0.29) is 6.03 Å². The molecule has 0 spiro atoms. The van der Waals surface area contributed by atoms with Crippen LogP contribution in [-0.4, -0.2) is 67.1 Å². The summed E-state index contributed by atoms with van der Waals surface area (Å²) >= 11 is 0. The van der Waals surface area contributed by atoms with Crippen LogP contribution in [-0.2, 0) is 0 Å². The van der Waals surface area contributed by atoms with Crippen LogP contribution in [0.4, 0.5) is 16.3 Å². The Morgan fingerprint density at radius 3 is 2.14 bits per heavy atom. The van der Waals surface area contributed by atoms with E-state index in [0.717, 1.165) is 22.8 Å². The van der Waals surface area contributed by atoms with Crippen LogP contribution < -0.4 is 24.4 Å². The molecule has 0 atom stereocenters. The van der Waals surface area contributed by atoms with E-state index in [2.05, 4.69) is 20.4 Å². The summed E-state index contributed by atoms with van der Waals surface area (Å²) in [6, 6.07) is 17.1. The van der Waals surface area contributed by atoms with Gasteiger partial charge in [-0.1, -0.05) is 0 Å². The molecule has 1 aliphatic rings. The average Bonchev–Trinajstić information content (AvgIpc) is 2.91. The fraction of sp³-hybridized carbons (Fsp3) is 0.370. The third kappa shape index (κ3) is 6.16. The second kappa shape index (κ2) is 12.1. The molecule has 0 unspecified atom stereocenters. The number of nitrogens with one attached hydrogen (secondary N) is 1. The highest BCUT2D eigenvalue weighted by molar-refractivity contribution is 5.90. The summed E-state index contributed by atoms with van der Waals surface area (Å²) in [5.74, 6) is 2.93. The van der Waals surface area contributed by atoms with Crippen LogP contribution in [0, 0.1) is 0 Å². The van der Waals surface area contributed by atoms with Crippen LogP contribution >= 0.6 is 0 Å². The molecule has 9 nitrogen and oxygen atoms in total. The van der Waals surface area contributed by atoms with Gasteiger partial charge in [-0.2, -0.15) is 0 Å². The molecule has 1 aromatic heterocycles. The van der Waals surface area contributed by atoms with Gasteiger partial charge in [0.25, 0.3) is 0 Å². The highest BCUT2D eigenvalue weighted by Gasteiger charge is 2.22. The number of ether oxygens (including phenoxy) is 3. The maximum Gasteiger partial charge on any atom is 0.321 e. The van der Waals surface area contributed by atoms with Gasteiger partial charge in [0.2, 0.25) is 0 Å². The molecule has 4 rings (SSSR count). The number of urea groups is 1. The maximum absolute atomic E-state index is 12.8. The topological polar surface area (TPSA) is 89.1 Å². The largest absolute Gasteiger partial charge is 0.494 e. The molecule has 1 N–H and O–H groups in total. The highest BCUT2D eigenvalue weighted by Crippen LogP contribution is 2.31. The molecule has 36 heavy (non-hydrogen) atoms. The van der Waals surface area contributed by atoms with Crippen molar-refractivity contribution in [1.29, 1.82) is 0 Å². The Morgan fingerprint density at radius 2 is 1.50 bits per heavy atom. The number of amides is 2. The van der Waals surface area contributed by atoms with Crippen molar-refractivity contribution in [2.45, 2.75) is 20.8 Å². The number of carbonyl (C=O) groups is 1. The quantitative estimate of drug-likeness (QED) is 0.464. The van der Waals surface area contributed by atoms with Gasteiger partial charge < -0.3 is 29.3 Å². The molecule has 190 valence electrons. The predicted molar refractivity (Wildman–Crippen MR) is 140 cm³/mol. The van der Waals surface area contributed by atoms with Crippen molar-refractivity contribution in [3.05, 3.63) is 54.6 Å². The molecular formula is C27H33N5O4. The number of aromatic nitrogens is 2. The zero-order chi connectivity index (χ0) is 25.3. The Labute approximate surface area is 212 Å². The second-order valence-electron chi connectivity index (χ2n) is 8.17. The minimum absolute atomic E-state index is 0.141. The minimum atomic E-state index is -0.141. The molecule has 1 saturated heterocycles. The van der Waals surface area contributed by atoms with E-state index in [1.807, 2.05) is 69.3 Å². The molecule has 0 bridgehead atoms. The van der Waals surface area contributed by atoms with Crippen molar-refractivity contribution in [2.24, 2.45) is 0 Å². The molecule has 2 aromatic carbocycles. The molecule has 2 amide bonds. The zero-order valence-electron chi connectivity index (χ0n) is 21.1. The lowest BCUT2D eigenvalue weighted by Crippen LogP contribution is -2.50. The third-order valence-electron chi connectivity index (χ3n) is 5.80. The van der Waals surface area contributed by atoms with Gasteiger partial charge in [0.05, 0.1) is 25.5 Å². The summed E-state index contributed by atoms with van der Waals surface area (Å²) in [6.45, 7) is 10.0. The Balaban J connectivity index is 1.32. The highest BCUT2D eigenvalue weighted by atomic mass is 16.5. The molecular weight excluding hydrogens is 458 g/mol. The number of carbonyl (C=O) groups excluding carboxylic acids is 1. The summed E-state index contributed by atoms with van der Waals surface area (Å²) in [6.07, 6.45) is 0. The Bertz CT molecular complexity index is 1130. The predicted octanol–water partition coefficient (Wildman–Crippen LogP) is 4.69. The van der Waals surface area contributed by atoms with E-state index in [1.165, 1.54) is 0 Å². The average molecular weight is 492 g/mol. The Morgan fingerprint density at radius 1 is 0.806 bits per heavy atom. The van der Waals surface area contributed by atoms with Crippen LogP contribution in [0.25, 0.3) is 11.3 Å². The second-order valence-corrected chi connectivity index (χ2v) is 8.17. The van der Waals surface area contributed by atoms with Crippen molar-refractivity contribution >= 4 is 17.5 Å². The van der Waals surface area contributed by atoms with Crippen molar-refractivity contribution in [3.63, 3.8) is 0 Å². The SMILES string of the molecule is CCOc1ccc(-c2ccc(N3CCN(C(=O)Nc4ccc(OCC)c(OCC)c4)CC3)nn2)cc1. The lowest BCUT2D eigenvalue weighted by molar-refractivity contribution is 0.208. The summed E-state index contributed by atoms with van der Waals surface area (Å²) in [5, 5.41) is 11.8. The van der Waals surface area contributed by atoms with E-state index in [1.54, 1.807) is 11.0 Å². The molecule has 0 aliphatic carbocycles. The molecule has 9 heteroatoms. The number of hydrogen-bond donors (Lipinski definition) is 1. The fourth-order valence-electron chi connectivity index (χ4n) is 4.01. The maximum atomic E-state index is 12.8. The monoisotopic (exact) mass is 491 g/mol. The van der Waals surface area contributed by atoms with Crippen LogP contribution in [0.15, 0.2) is 54.6 Å². The Kier molecular flexibility index (Phi) is 8.44. The van der Waals surface area contributed by atoms with Crippen LogP contribution in [0.3, 0.4) is 0 Å². The number of piperazine rings is 1. The van der Waals surface area contributed by atoms with E-state index in [9.17, 15) is 4.79 Å². The van der Waals surface area contributed by atoms with Gasteiger partial charge in [-0.3, -0.25) is 0 Å². The zero-order valence-corrected chi connectivity index (χ0v) is 21.1. The van der Waals surface area contributed by atoms with Gasteiger partial charge in [-0.05, 0) is 69.3 Å². The van der Waals surface area contributed by atoms with Crippen LogP contribution in [0.5, 0.6) is 17.2 Å². The lowest BCUT2D eigenvalue weighted by Gasteiger charge is -2.35. The van der Waals surface area contributed by atoms with E-state index >= 15 is 0 Å². The molecule has 0 radical (unpaired) electrons. The van der Waals surface area contributed by atoms with E-state index in [4.69, 9.17) is 14.2 Å². The van der Waals surface area contributed by atoms with E-state index in [0.29, 0.717) is 63.2 Å². The standard InChI is InChI=1S/C27H33N5O4/c1-4-34-22-10-7-20(8-11-22)23-12-14-26(30-29-23)31-15-17-32(18-16-31)27(33)28-21-9-13-24(35-5-2)25(19-21)36-6-3/h7-14,19H,4-6,15-18H2,1-3H3,(H,28,33). The van der Waals surface area contributed by atoms with E-state index < -0.39 is 0 Å². The molecule has 1 aliphatic heterocycles. The number of rotatable bonds is 9. The van der Waals surface area contributed by atoms with Crippen molar-refractivity contribution in [3.8, 4) is 28.5 Å².